The van der Waals surface area contributed by atoms with Crippen LogP contribution >= 0.6 is 0 Å². The van der Waals surface area contributed by atoms with Crippen LogP contribution in [0.25, 0.3) is 0 Å². The summed E-state index contributed by atoms with van der Waals surface area (Å²) in [6.07, 6.45) is 7.76. The lowest BCUT2D eigenvalue weighted by Crippen LogP contribution is -2.52. The van der Waals surface area contributed by atoms with Crippen LogP contribution in [-0.2, 0) is 9.47 Å². The normalized spacial score (nSPS) is 37.9. The topological polar surface area (TPSA) is 50.7 Å². The van der Waals surface area contributed by atoms with E-state index in [1.54, 1.807) is 0 Å². The summed E-state index contributed by atoms with van der Waals surface area (Å²) in [5.74, 6) is 2.78. The maximum atomic E-state index is 9.80. The first-order valence-corrected chi connectivity index (χ1v) is 9.18. The molecule has 2 N–H and O–H groups in total. The Bertz CT molecular complexity index is 323. The highest BCUT2D eigenvalue weighted by Crippen LogP contribution is 2.57. The van der Waals surface area contributed by atoms with Crippen LogP contribution in [-0.4, -0.2) is 49.2 Å². The number of nitrogens with one attached hydrogen (secondary N) is 1. The van der Waals surface area contributed by atoms with Gasteiger partial charge in [0, 0.05) is 12.6 Å². The van der Waals surface area contributed by atoms with Gasteiger partial charge in [0.2, 0.25) is 0 Å². The first-order chi connectivity index (χ1) is 10.5. The van der Waals surface area contributed by atoms with E-state index >= 15 is 0 Å². The summed E-state index contributed by atoms with van der Waals surface area (Å²) < 4.78 is 11.9. The largest absolute Gasteiger partial charge is 0.389 e. The van der Waals surface area contributed by atoms with E-state index < -0.39 is 6.10 Å². The number of ether oxygens (including phenoxy) is 2. The standard InChI is InChI=1S/C18H33NO3/c1-13(2)19-11-17(20)12-21-3-4-22-18-8-14-5-15(9-18)7-16(6-14)10-18/h13-17,19-20H,3-12H2,1-2H3/t14?,15?,16?,17-,18?/m0/s1. The average Bonchev–Trinajstić information content (AvgIpc) is 2.43. The molecule has 0 saturated heterocycles. The smallest absolute Gasteiger partial charge is 0.0897 e. The molecule has 0 unspecified atom stereocenters. The minimum Gasteiger partial charge on any atom is -0.389 e. The van der Waals surface area contributed by atoms with Gasteiger partial charge in [0.05, 0.1) is 31.5 Å². The van der Waals surface area contributed by atoms with Crippen molar-refractivity contribution in [2.45, 2.75) is 70.1 Å². The van der Waals surface area contributed by atoms with Crippen LogP contribution in [0.1, 0.15) is 52.4 Å². The van der Waals surface area contributed by atoms with E-state index in [0.717, 1.165) is 17.8 Å². The molecule has 0 spiro atoms. The lowest BCUT2D eigenvalue weighted by molar-refractivity contribution is -0.170. The van der Waals surface area contributed by atoms with Crippen LogP contribution in [0, 0.1) is 17.8 Å². The minimum atomic E-state index is -0.429. The second-order valence-electron chi connectivity index (χ2n) is 8.24. The Kier molecular flexibility index (Phi) is 5.43. The predicted octanol–water partition coefficient (Wildman–Crippen LogP) is 2.35. The van der Waals surface area contributed by atoms with Crippen molar-refractivity contribution in [3.05, 3.63) is 0 Å². The van der Waals surface area contributed by atoms with Gasteiger partial charge in [0.15, 0.2) is 0 Å². The van der Waals surface area contributed by atoms with Crippen LogP contribution in [0.3, 0.4) is 0 Å². The summed E-state index contributed by atoms with van der Waals surface area (Å²) in [5, 5.41) is 13.0. The highest BCUT2D eigenvalue weighted by Gasteiger charge is 2.51. The van der Waals surface area contributed by atoms with Gasteiger partial charge < -0.3 is 19.9 Å². The van der Waals surface area contributed by atoms with Crippen LogP contribution in [0.15, 0.2) is 0 Å². The van der Waals surface area contributed by atoms with E-state index in [1.807, 2.05) is 0 Å². The molecule has 4 aliphatic rings. The van der Waals surface area contributed by atoms with Gasteiger partial charge in [0.25, 0.3) is 0 Å². The van der Waals surface area contributed by atoms with Gasteiger partial charge in [-0.1, -0.05) is 13.8 Å². The summed E-state index contributed by atoms with van der Waals surface area (Å²) in [7, 11) is 0. The lowest BCUT2D eigenvalue weighted by Gasteiger charge is -2.56. The Balaban J connectivity index is 1.31. The summed E-state index contributed by atoms with van der Waals surface area (Å²) in [6.45, 7) is 6.41. The van der Waals surface area contributed by atoms with Gasteiger partial charge in [-0.15, -0.1) is 0 Å². The molecule has 0 aromatic rings. The maximum Gasteiger partial charge on any atom is 0.0897 e. The molecule has 4 saturated carbocycles. The molecule has 4 nitrogen and oxygen atoms in total. The number of aliphatic hydroxyl groups excluding tert-OH is 1. The number of rotatable bonds is 9. The molecule has 0 aliphatic heterocycles. The third-order valence-corrected chi connectivity index (χ3v) is 5.69. The number of hydrogen-bond acceptors (Lipinski definition) is 4. The van der Waals surface area contributed by atoms with Crippen LogP contribution < -0.4 is 5.32 Å². The van der Waals surface area contributed by atoms with Gasteiger partial charge in [-0.2, -0.15) is 0 Å². The first-order valence-electron chi connectivity index (χ1n) is 9.18. The van der Waals surface area contributed by atoms with E-state index in [4.69, 9.17) is 9.47 Å². The second-order valence-corrected chi connectivity index (χ2v) is 8.24. The van der Waals surface area contributed by atoms with Crippen molar-refractivity contribution < 1.29 is 14.6 Å². The van der Waals surface area contributed by atoms with E-state index in [-0.39, 0.29) is 5.60 Å². The molecule has 0 amide bonds. The molecule has 4 rings (SSSR count). The highest BCUT2D eigenvalue weighted by atomic mass is 16.5. The Morgan fingerprint density at radius 1 is 1.05 bits per heavy atom. The number of aliphatic hydroxyl groups is 1. The van der Waals surface area contributed by atoms with Crippen molar-refractivity contribution in [1.82, 2.24) is 5.32 Å². The molecule has 0 radical (unpaired) electrons. The van der Waals surface area contributed by atoms with Gasteiger partial charge in [-0.25, -0.2) is 0 Å². The SMILES string of the molecule is CC(C)NC[C@H](O)COCCOC12CC3CC(CC(C3)C1)C2. The molecule has 0 heterocycles. The van der Waals surface area contributed by atoms with Crippen molar-refractivity contribution in [1.29, 1.82) is 0 Å². The molecule has 4 heteroatoms. The van der Waals surface area contributed by atoms with Crippen molar-refractivity contribution >= 4 is 0 Å². The molecule has 4 aliphatic carbocycles. The summed E-state index contributed by atoms with van der Waals surface area (Å²) in [6, 6.07) is 0.397. The molecule has 0 aromatic heterocycles. The summed E-state index contributed by atoms with van der Waals surface area (Å²) in [4.78, 5) is 0. The van der Waals surface area contributed by atoms with E-state index in [1.165, 1.54) is 38.5 Å². The fourth-order valence-electron chi connectivity index (χ4n) is 5.18. The molecule has 1 atom stereocenters. The molecule has 22 heavy (non-hydrogen) atoms. The Labute approximate surface area is 134 Å². The molecule has 4 bridgehead atoms. The van der Waals surface area contributed by atoms with Crippen molar-refractivity contribution in [2.75, 3.05) is 26.4 Å². The fourth-order valence-corrected chi connectivity index (χ4v) is 5.18. The van der Waals surface area contributed by atoms with Crippen LogP contribution in [0.4, 0.5) is 0 Å². The van der Waals surface area contributed by atoms with Gasteiger partial charge >= 0.3 is 0 Å². The summed E-state index contributed by atoms with van der Waals surface area (Å²) in [5.41, 5.74) is 0.177. The van der Waals surface area contributed by atoms with Gasteiger partial charge in [-0.05, 0) is 56.3 Å². The molecule has 128 valence electrons. The second kappa shape index (κ2) is 7.16. The Morgan fingerprint density at radius 2 is 1.64 bits per heavy atom. The van der Waals surface area contributed by atoms with E-state index in [2.05, 4.69) is 19.2 Å². The third-order valence-electron chi connectivity index (χ3n) is 5.69. The molecule has 4 fully saturated rings. The van der Waals surface area contributed by atoms with Crippen molar-refractivity contribution in [3.8, 4) is 0 Å². The average molecular weight is 311 g/mol. The minimum absolute atomic E-state index is 0.177. The van der Waals surface area contributed by atoms with Gasteiger partial charge in [-0.3, -0.25) is 0 Å². The highest BCUT2D eigenvalue weighted by molar-refractivity contribution is 5.03. The Hall–Kier alpha value is -0.160. The van der Waals surface area contributed by atoms with Crippen LogP contribution in [0.2, 0.25) is 0 Å². The quantitative estimate of drug-likeness (QED) is 0.642. The Morgan fingerprint density at radius 3 is 2.18 bits per heavy atom. The summed E-state index contributed by atoms with van der Waals surface area (Å²) >= 11 is 0. The number of hydrogen-bond donors (Lipinski definition) is 2. The van der Waals surface area contributed by atoms with Crippen molar-refractivity contribution in [2.24, 2.45) is 17.8 Å². The third kappa shape index (κ3) is 4.22. The van der Waals surface area contributed by atoms with Crippen molar-refractivity contribution in [3.63, 3.8) is 0 Å². The first kappa shape index (κ1) is 16.7. The zero-order valence-corrected chi connectivity index (χ0v) is 14.2. The fraction of sp³-hybridized carbons (Fsp3) is 1.00. The maximum absolute atomic E-state index is 9.80. The van der Waals surface area contributed by atoms with E-state index in [9.17, 15) is 5.11 Å². The molecular weight excluding hydrogens is 278 g/mol. The van der Waals surface area contributed by atoms with Gasteiger partial charge in [0.1, 0.15) is 0 Å². The molecular formula is C18H33NO3. The monoisotopic (exact) mass is 311 g/mol. The zero-order valence-electron chi connectivity index (χ0n) is 14.2. The zero-order chi connectivity index (χ0) is 15.6. The molecule has 0 aromatic carbocycles. The predicted molar refractivity (Wildman–Crippen MR) is 86.8 cm³/mol. The van der Waals surface area contributed by atoms with E-state index in [0.29, 0.717) is 32.4 Å². The lowest BCUT2D eigenvalue weighted by atomic mass is 9.54. The van der Waals surface area contributed by atoms with Crippen LogP contribution in [0.5, 0.6) is 0 Å².